The zero-order chi connectivity index (χ0) is 46.8. The van der Waals surface area contributed by atoms with E-state index >= 15 is 0 Å². The van der Waals surface area contributed by atoms with Crippen molar-refractivity contribution in [2.75, 3.05) is 33.4 Å². The van der Waals surface area contributed by atoms with Crippen LogP contribution in [0.5, 0.6) is 0 Å². The van der Waals surface area contributed by atoms with Crippen LogP contribution in [-0.4, -0.2) is 107 Å². The molecule has 4 N–H and O–H groups in total. The van der Waals surface area contributed by atoms with E-state index in [0.29, 0.717) is 13.0 Å². The number of likely N-dealkylation sites (tertiary alicyclic amines) is 2. The monoisotopic (exact) mass is 950 g/mol. The number of carbonyl (C=O) groups is 4. The van der Waals surface area contributed by atoms with Gasteiger partial charge < -0.3 is 40.1 Å². The van der Waals surface area contributed by atoms with E-state index in [4.69, 9.17) is 14.2 Å². The van der Waals surface area contributed by atoms with Gasteiger partial charge in [-0.1, -0.05) is 189 Å². The van der Waals surface area contributed by atoms with E-state index in [0.717, 1.165) is 33.4 Å². The van der Waals surface area contributed by atoms with Gasteiger partial charge in [-0.15, -0.1) is 0 Å². The molecule has 4 atom stereocenters. The average molecular weight is 951 g/mol. The molecule has 0 spiro atoms. The van der Waals surface area contributed by atoms with Crippen molar-refractivity contribution in [2.45, 2.75) is 56.4 Å². The maximum atomic E-state index is 13.9. The molecule has 2 amide bonds. The Morgan fingerprint density at radius 3 is 1.14 bits per heavy atom. The van der Waals surface area contributed by atoms with Gasteiger partial charge in [-0.05, 0) is 46.5 Å². The van der Waals surface area contributed by atoms with E-state index in [-0.39, 0.29) is 87.4 Å². The van der Waals surface area contributed by atoms with Gasteiger partial charge in [0, 0.05) is 37.1 Å². The number of ether oxygens (including phenoxy) is 3. The molecule has 0 aromatic heterocycles. The summed E-state index contributed by atoms with van der Waals surface area (Å²) < 4.78 is 16.8. The Bertz CT molecular complexity index is 2600. The van der Waals surface area contributed by atoms with Crippen molar-refractivity contribution in [2.24, 2.45) is 0 Å². The molecule has 8 rings (SSSR count). The van der Waals surface area contributed by atoms with Crippen molar-refractivity contribution in [1.82, 2.24) is 9.80 Å². The Balaban J connectivity index is 0.000000355. The van der Waals surface area contributed by atoms with Crippen LogP contribution in [0.25, 0.3) is 0 Å². The second-order valence-corrected chi connectivity index (χ2v) is 16.1. The number of nitrogens with zero attached hydrogens (tertiary/aromatic N) is 2. The van der Waals surface area contributed by atoms with Crippen LogP contribution in [0.15, 0.2) is 182 Å². The number of methoxy groups -OCH3 is 1. The van der Waals surface area contributed by atoms with Crippen LogP contribution >= 0.6 is 0 Å². The van der Waals surface area contributed by atoms with Crippen LogP contribution in [0.3, 0.4) is 0 Å². The summed E-state index contributed by atoms with van der Waals surface area (Å²) in [7, 11) is 1.34. The molecule has 2 aliphatic heterocycles. The predicted molar refractivity (Wildman–Crippen MR) is 268 cm³/mol. The van der Waals surface area contributed by atoms with E-state index in [1.807, 2.05) is 182 Å². The first-order chi connectivity index (χ1) is 32.8. The molecule has 0 saturated carbocycles. The number of esters is 1. The van der Waals surface area contributed by atoms with Crippen LogP contribution in [0.1, 0.15) is 65.5 Å². The molecule has 2 aliphatic rings. The van der Waals surface area contributed by atoms with Gasteiger partial charge in [0.25, 0.3) is 0 Å². The number of carboxylic acid groups (broad SMARTS) is 1. The van der Waals surface area contributed by atoms with Crippen LogP contribution in [0, 0.1) is 23.7 Å². The Morgan fingerprint density at radius 1 is 0.535 bits per heavy atom. The maximum Gasteiger partial charge on any atom is 1.00 e. The molecule has 13 heteroatoms. The average Bonchev–Trinajstić information content (AvgIpc) is 4.02. The van der Waals surface area contributed by atoms with Crippen molar-refractivity contribution in [3.63, 3.8) is 0 Å². The number of hydrogen-bond acceptors (Lipinski definition) is 8. The fourth-order valence-corrected chi connectivity index (χ4v) is 8.42. The molecule has 6 aromatic carbocycles. The molecule has 0 unspecified atom stereocenters. The number of carboxylic acids is 1. The minimum Gasteiger partial charge on any atom is -0.870 e. The summed E-state index contributed by atoms with van der Waals surface area (Å²) in [6, 6.07) is 55.8. The van der Waals surface area contributed by atoms with E-state index in [1.54, 1.807) is 4.90 Å². The molecule has 2 saturated heterocycles. The zero-order valence-electron chi connectivity index (χ0n) is 39.2. The Labute approximate surface area is 428 Å². The summed E-state index contributed by atoms with van der Waals surface area (Å²) in [5.74, 6) is 9.13. The second kappa shape index (κ2) is 29.7. The Kier molecular flexibility index (Phi) is 24.3. The van der Waals surface area contributed by atoms with Crippen molar-refractivity contribution in [3.8, 4) is 23.7 Å². The quantitative estimate of drug-likeness (QED) is 0.104. The molecule has 12 nitrogen and oxygen atoms in total. The molecule has 6 aromatic rings. The molecule has 0 aliphatic carbocycles. The molecule has 2 heterocycles. The van der Waals surface area contributed by atoms with E-state index in [1.165, 1.54) is 12.0 Å². The topological polar surface area (TPSA) is 184 Å². The van der Waals surface area contributed by atoms with Gasteiger partial charge in [0.2, 0.25) is 11.8 Å². The van der Waals surface area contributed by atoms with Crippen LogP contribution in [0.2, 0.25) is 0 Å². The fraction of sp³-hybridized carbons (Fsp3) is 0.241. The predicted octanol–water partition coefficient (Wildman–Crippen LogP) is 4.61. The minimum atomic E-state index is -1.02. The third-order valence-corrected chi connectivity index (χ3v) is 11.7. The number of rotatable bonds is 12. The number of carbonyl (C=O) groups excluding carboxylic acids is 3. The third kappa shape index (κ3) is 15.9. The van der Waals surface area contributed by atoms with E-state index in [9.17, 15) is 24.3 Å². The third-order valence-electron chi connectivity index (χ3n) is 11.7. The summed E-state index contributed by atoms with van der Waals surface area (Å²) in [6.07, 6.45) is -0.0656. The SMILES string of the molecule is C.COC(=O)[C@@H]1C[C@H](OCC#Cc2ccccc2)CN1C(=O)C(c1ccccc1)c1ccccc1.O.O=C(O)[C@@H]1C[C@H](OCC#Cc2ccccc2)CN1C(=O)C(c1ccccc1)c1ccccc1.[Li+].[OH-]. The van der Waals surface area contributed by atoms with Crippen molar-refractivity contribution in [3.05, 3.63) is 215 Å². The molecule has 0 radical (unpaired) electrons. The summed E-state index contributed by atoms with van der Waals surface area (Å²) in [4.78, 5) is 55.2. The van der Waals surface area contributed by atoms with E-state index in [2.05, 4.69) is 23.7 Å². The second-order valence-electron chi connectivity index (χ2n) is 16.1. The number of hydrogen-bond donors (Lipinski definition) is 1. The van der Waals surface area contributed by atoms with Crippen molar-refractivity contribution in [1.29, 1.82) is 0 Å². The summed E-state index contributed by atoms with van der Waals surface area (Å²) in [6.45, 7) is 0.922. The molecular formula is C58H59LiN2O10. The molecule has 71 heavy (non-hydrogen) atoms. The molecule has 0 bridgehead atoms. The van der Waals surface area contributed by atoms with Gasteiger partial charge in [0.1, 0.15) is 25.3 Å². The first kappa shape index (κ1) is 58.1. The van der Waals surface area contributed by atoms with Gasteiger partial charge in [0.15, 0.2) is 0 Å². The van der Waals surface area contributed by atoms with Gasteiger partial charge in [-0.25, -0.2) is 9.59 Å². The van der Waals surface area contributed by atoms with Crippen LogP contribution < -0.4 is 18.9 Å². The van der Waals surface area contributed by atoms with Crippen molar-refractivity contribution < 1.29 is 68.3 Å². The number of amides is 2. The number of benzene rings is 6. The van der Waals surface area contributed by atoms with Gasteiger partial charge in [0.05, 0.1) is 31.2 Å². The Hall–Kier alpha value is -7.24. The summed E-state index contributed by atoms with van der Waals surface area (Å²) in [5.41, 5.74) is 5.21. The molecular weight excluding hydrogens is 892 g/mol. The van der Waals surface area contributed by atoms with E-state index < -0.39 is 35.9 Å². The van der Waals surface area contributed by atoms with Gasteiger partial charge in [-0.2, -0.15) is 0 Å². The smallest absolute Gasteiger partial charge is 0.870 e. The van der Waals surface area contributed by atoms with Crippen LogP contribution in [0.4, 0.5) is 0 Å². The van der Waals surface area contributed by atoms with Gasteiger partial charge in [-0.3, -0.25) is 9.59 Å². The standard InChI is InChI=1S/C29H27NO4.C28H25NO4.CH4.Li.2H2O/c1-33-29(32)26-20-25(34-19-11-14-22-12-5-2-6-13-22)21-30(26)28(31)27(23-15-7-3-8-16-23)24-17-9-4-10-18-24;30-27(26(22-14-6-2-7-15-22)23-16-8-3-9-17-23)29-20-24(19-25(29)28(31)32)33-18-10-13-21-11-4-1-5-12-21;;;;/h2-10,12-13,15-18,25-27H,19-21H2,1H3;1-9,11-12,14-17,24-26H,18-20H2,(H,31,32);1H4;;2*1H2/q;;;+1;;/p-1/t25-,26-;24-,25-;;;;/m00..../s1. The first-order valence-electron chi connectivity index (χ1n) is 22.2. The Morgan fingerprint density at radius 2 is 0.831 bits per heavy atom. The zero-order valence-corrected chi connectivity index (χ0v) is 39.2. The summed E-state index contributed by atoms with van der Waals surface area (Å²) in [5, 5.41) is 9.82. The largest absolute Gasteiger partial charge is 1.00 e. The first-order valence-corrected chi connectivity index (χ1v) is 22.2. The molecule has 362 valence electrons. The number of aliphatic carboxylic acids is 1. The molecule has 2 fully saturated rings. The van der Waals surface area contributed by atoms with Gasteiger partial charge >= 0.3 is 30.8 Å². The fourth-order valence-electron chi connectivity index (χ4n) is 8.42. The van der Waals surface area contributed by atoms with Crippen LogP contribution in [-0.2, 0) is 33.4 Å². The van der Waals surface area contributed by atoms with Crippen molar-refractivity contribution >= 4 is 23.8 Å². The summed E-state index contributed by atoms with van der Waals surface area (Å²) >= 11 is 0. The normalized spacial score (nSPS) is 16.3. The maximum absolute atomic E-state index is 13.9. The minimum absolute atomic E-state index is 0.